The van der Waals surface area contributed by atoms with Crippen molar-refractivity contribution in [2.45, 2.75) is 43.7 Å². The molecule has 0 aromatic heterocycles. The quantitative estimate of drug-likeness (QED) is 0.898. The van der Waals surface area contributed by atoms with E-state index in [-0.39, 0.29) is 28.3 Å². The summed E-state index contributed by atoms with van der Waals surface area (Å²) >= 11 is 5.99. The standard InChI is InChI=1S/C14H20ClNO4S/c1-3-12-5-4-6-16(12)21(18,19)13-8-11(15)7-10(9-17)14(13)20-2/h7-8,12,17H,3-6,9H2,1-2H3. The largest absolute Gasteiger partial charge is 0.495 e. The Bertz CT molecular complexity index is 618. The molecule has 1 aliphatic rings. The van der Waals surface area contributed by atoms with E-state index in [1.54, 1.807) is 0 Å². The minimum absolute atomic E-state index is 0.0104. The fraction of sp³-hybridized carbons (Fsp3) is 0.571. The Balaban J connectivity index is 2.56. The molecule has 1 saturated heterocycles. The van der Waals surface area contributed by atoms with E-state index in [2.05, 4.69) is 0 Å². The van der Waals surface area contributed by atoms with Gasteiger partial charge in [-0.25, -0.2) is 8.42 Å². The van der Waals surface area contributed by atoms with Gasteiger partial charge in [0.25, 0.3) is 0 Å². The van der Waals surface area contributed by atoms with Crippen molar-refractivity contribution in [2.75, 3.05) is 13.7 Å². The molecule has 1 unspecified atom stereocenters. The Labute approximate surface area is 130 Å². The Hall–Kier alpha value is -0.820. The minimum atomic E-state index is -3.69. The molecule has 1 aliphatic heterocycles. The Morgan fingerprint density at radius 3 is 2.76 bits per heavy atom. The van der Waals surface area contributed by atoms with Crippen molar-refractivity contribution < 1.29 is 18.3 Å². The van der Waals surface area contributed by atoms with E-state index in [1.807, 2.05) is 6.92 Å². The Morgan fingerprint density at radius 1 is 1.48 bits per heavy atom. The molecule has 2 rings (SSSR count). The molecule has 21 heavy (non-hydrogen) atoms. The summed E-state index contributed by atoms with van der Waals surface area (Å²) in [5.74, 6) is 0.170. The number of rotatable bonds is 5. The summed E-state index contributed by atoms with van der Waals surface area (Å²) < 4.78 is 32.5. The molecule has 1 aromatic rings. The van der Waals surface area contributed by atoms with Crippen LogP contribution in [0.5, 0.6) is 5.75 Å². The summed E-state index contributed by atoms with van der Waals surface area (Å²) in [6.07, 6.45) is 2.49. The van der Waals surface area contributed by atoms with Crippen LogP contribution in [0.4, 0.5) is 0 Å². The van der Waals surface area contributed by atoms with E-state index >= 15 is 0 Å². The van der Waals surface area contributed by atoms with E-state index in [0.717, 1.165) is 19.3 Å². The molecule has 0 spiro atoms. The average molecular weight is 334 g/mol. The van der Waals surface area contributed by atoms with E-state index in [0.29, 0.717) is 12.1 Å². The van der Waals surface area contributed by atoms with E-state index in [9.17, 15) is 13.5 Å². The van der Waals surface area contributed by atoms with Gasteiger partial charge >= 0.3 is 0 Å². The number of sulfonamides is 1. The number of hydrogen-bond acceptors (Lipinski definition) is 4. The Kier molecular flexibility index (Phi) is 5.14. The van der Waals surface area contributed by atoms with Crippen LogP contribution in [0.1, 0.15) is 31.7 Å². The third-order valence-electron chi connectivity index (χ3n) is 3.85. The molecule has 1 atom stereocenters. The summed E-state index contributed by atoms with van der Waals surface area (Å²) in [7, 11) is -2.29. The smallest absolute Gasteiger partial charge is 0.247 e. The minimum Gasteiger partial charge on any atom is -0.495 e. The third kappa shape index (κ3) is 3.04. The fourth-order valence-corrected chi connectivity index (χ4v) is 5.12. The van der Waals surface area contributed by atoms with E-state index < -0.39 is 10.0 Å². The van der Waals surface area contributed by atoms with E-state index in [4.69, 9.17) is 16.3 Å². The van der Waals surface area contributed by atoms with Crippen LogP contribution < -0.4 is 4.74 Å². The zero-order chi connectivity index (χ0) is 15.6. The molecule has 118 valence electrons. The van der Waals surface area contributed by atoms with Gasteiger partial charge in [-0.3, -0.25) is 0 Å². The zero-order valence-corrected chi connectivity index (χ0v) is 13.7. The maximum atomic E-state index is 12.9. The highest BCUT2D eigenvalue weighted by Crippen LogP contribution is 2.36. The number of benzene rings is 1. The van der Waals surface area contributed by atoms with Gasteiger partial charge in [0, 0.05) is 23.2 Å². The highest BCUT2D eigenvalue weighted by atomic mass is 35.5. The average Bonchev–Trinajstić information content (AvgIpc) is 2.95. The molecule has 0 bridgehead atoms. The molecule has 7 heteroatoms. The Morgan fingerprint density at radius 2 is 2.19 bits per heavy atom. The van der Waals surface area contributed by atoms with Crippen molar-refractivity contribution in [3.05, 3.63) is 22.7 Å². The van der Waals surface area contributed by atoms with E-state index in [1.165, 1.54) is 23.5 Å². The summed E-state index contributed by atoms with van der Waals surface area (Å²) in [5, 5.41) is 9.65. The molecule has 1 heterocycles. The fourth-order valence-electron chi connectivity index (χ4n) is 2.82. The van der Waals surface area contributed by atoms with Crippen molar-refractivity contribution in [1.29, 1.82) is 0 Å². The van der Waals surface area contributed by atoms with Gasteiger partial charge in [-0.2, -0.15) is 4.31 Å². The molecular formula is C14H20ClNO4S. The SMILES string of the molecule is CCC1CCCN1S(=O)(=O)c1cc(Cl)cc(CO)c1OC. The molecule has 5 nitrogen and oxygen atoms in total. The topological polar surface area (TPSA) is 66.8 Å². The number of ether oxygens (including phenoxy) is 1. The number of halogens is 1. The molecule has 1 fully saturated rings. The first-order chi connectivity index (χ1) is 9.95. The maximum absolute atomic E-state index is 12.9. The predicted molar refractivity (Wildman–Crippen MR) is 81.1 cm³/mol. The number of hydrogen-bond donors (Lipinski definition) is 1. The third-order valence-corrected chi connectivity index (χ3v) is 6.03. The van der Waals surface area contributed by atoms with Crippen LogP contribution in [0, 0.1) is 0 Å². The predicted octanol–water partition coefficient (Wildman–Crippen LogP) is 2.40. The number of aliphatic hydroxyl groups excluding tert-OH is 1. The van der Waals surface area contributed by atoms with Crippen molar-refractivity contribution in [3.8, 4) is 5.75 Å². The van der Waals surface area contributed by atoms with Crippen LogP contribution in [0.15, 0.2) is 17.0 Å². The summed E-state index contributed by atoms with van der Waals surface area (Å²) in [5.41, 5.74) is 0.371. The lowest BCUT2D eigenvalue weighted by Gasteiger charge is -2.24. The van der Waals surface area contributed by atoms with Gasteiger partial charge in [0.15, 0.2) is 0 Å². The van der Waals surface area contributed by atoms with Crippen molar-refractivity contribution in [1.82, 2.24) is 4.31 Å². The molecule has 0 amide bonds. The maximum Gasteiger partial charge on any atom is 0.247 e. The monoisotopic (exact) mass is 333 g/mol. The molecule has 1 aromatic carbocycles. The van der Waals surface area contributed by atoms with Crippen molar-refractivity contribution in [3.63, 3.8) is 0 Å². The summed E-state index contributed by atoms with van der Waals surface area (Å²) in [6.45, 7) is 2.15. The normalized spacial score (nSPS) is 19.9. The van der Waals surface area contributed by atoms with Gasteiger partial charge in [0.2, 0.25) is 10.0 Å². The van der Waals surface area contributed by atoms with Gasteiger partial charge in [-0.15, -0.1) is 0 Å². The van der Waals surface area contributed by atoms with Crippen LogP contribution in [0.3, 0.4) is 0 Å². The summed E-state index contributed by atoms with van der Waals surface area (Å²) in [6, 6.07) is 2.91. The second kappa shape index (κ2) is 6.52. The first-order valence-electron chi connectivity index (χ1n) is 6.94. The van der Waals surface area contributed by atoms with Crippen LogP contribution in [-0.2, 0) is 16.6 Å². The molecule has 0 aliphatic carbocycles. The number of aliphatic hydroxyl groups is 1. The van der Waals surface area contributed by atoms with Crippen molar-refractivity contribution >= 4 is 21.6 Å². The van der Waals surface area contributed by atoms with Gasteiger partial charge < -0.3 is 9.84 Å². The van der Waals surface area contributed by atoms with Crippen LogP contribution >= 0.6 is 11.6 Å². The molecular weight excluding hydrogens is 314 g/mol. The molecule has 0 radical (unpaired) electrons. The zero-order valence-electron chi connectivity index (χ0n) is 12.2. The van der Waals surface area contributed by atoms with Gasteiger partial charge in [-0.05, 0) is 31.4 Å². The second-order valence-corrected chi connectivity index (χ2v) is 7.37. The lowest BCUT2D eigenvalue weighted by molar-refractivity contribution is 0.272. The lowest BCUT2D eigenvalue weighted by Crippen LogP contribution is -2.35. The van der Waals surface area contributed by atoms with Crippen molar-refractivity contribution in [2.24, 2.45) is 0 Å². The first-order valence-corrected chi connectivity index (χ1v) is 8.76. The highest BCUT2D eigenvalue weighted by Gasteiger charge is 2.36. The van der Waals surface area contributed by atoms with Gasteiger partial charge in [0.05, 0.1) is 13.7 Å². The number of nitrogens with zero attached hydrogens (tertiary/aromatic N) is 1. The highest BCUT2D eigenvalue weighted by molar-refractivity contribution is 7.89. The van der Waals surface area contributed by atoms with Gasteiger partial charge in [0.1, 0.15) is 10.6 Å². The van der Waals surface area contributed by atoms with Crippen LogP contribution in [0.25, 0.3) is 0 Å². The first kappa shape index (κ1) is 16.5. The second-order valence-electron chi connectivity index (χ2n) is 5.07. The summed E-state index contributed by atoms with van der Waals surface area (Å²) in [4.78, 5) is 0.0295. The van der Waals surface area contributed by atoms with Crippen LogP contribution in [0.2, 0.25) is 5.02 Å². The number of methoxy groups -OCH3 is 1. The van der Waals surface area contributed by atoms with Gasteiger partial charge in [-0.1, -0.05) is 18.5 Å². The molecule has 0 saturated carbocycles. The molecule has 1 N–H and O–H groups in total. The van der Waals surface area contributed by atoms with Crippen LogP contribution in [-0.4, -0.2) is 37.5 Å². The lowest BCUT2D eigenvalue weighted by atomic mass is 10.2.